The number of nitro benzene ring substituents is 1. The second-order valence-electron chi connectivity index (χ2n) is 7.14. The number of hydrogen-bond donors (Lipinski definition) is 1. The van der Waals surface area contributed by atoms with E-state index in [0.717, 1.165) is 17.4 Å². The molecular weight excluding hydrogens is 386 g/mol. The summed E-state index contributed by atoms with van der Waals surface area (Å²) < 4.78 is 27.4. The third kappa shape index (κ3) is 4.48. The van der Waals surface area contributed by atoms with Gasteiger partial charge in [-0.05, 0) is 41.8 Å². The second kappa shape index (κ2) is 7.95. The van der Waals surface area contributed by atoms with E-state index < -0.39 is 14.9 Å². The Labute approximate surface area is 163 Å². The summed E-state index contributed by atoms with van der Waals surface area (Å²) in [5.41, 5.74) is 0.0819. The molecule has 1 aromatic heterocycles. The summed E-state index contributed by atoms with van der Waals surface area (Å²) in [5, 5.41) is 16.5. The van der Waals surface area contributed by atoms with E-state index in [9.17, 15) is 18.5 Å². The van der Waals surface area contributed by atoms with Crippen molar-refractivity contribution in [3.8, 4) is 0 Å². The van der Waals surface area contributed by atoms with Crippen LogP contribution in [0.25, 0.3) is 0 Å². The molecule has 0 amide bonds. The Balaban J connectivity index is 1.87. The van der Waals surface area contributed by atoms with Crippen molar-refractivity contribution in [2.75, 3.05) is 18.4 Å². The molecule has 0 saturated carbocycles. The monoisotopic (exact) mass is 409 g/mol. The van der Waals surface area contributed by atoms with Crippen molar-refractivity contribution >= 4 is 32.7 Å². The molecular formula is C18H23N3O4S2. The van der Waals surface area contributed by atoms with Gasteiger partial charge in [-0.25, -0.2) is 8.42 Å². The number of sulfonamides is 1. The molecule has 1 aromatic carbocycles. The molecule has 2 atom stereocenters. The van der Waals surface area contributed by atoms with Crippen LogP contribution in [-0.4, -0.2) is 30.7 Å². The molecule has 0 radical (unpaired) electrons. The highest BCUT2D eigenvalue weighted by molar-refractivity contribution is 7.89. The minimum Gasteiger partial charge on any atom is -0.375 e. The van der Waals surface area contributed by atoms with Crippen LogP contribution in [0.2, 0.25) is 0 Å². The van der Waals surface area contributed by atoms with Gasteiger partial charge in [0.1, 0.15) is 5.69 Å². The molecule has 0 aliphatic carbocycles. The molecule has 1 saturated heterocycles. The molecule has 2 heterocycles. The van der Waals surface area contributed by atoms with Gasteiger partial charge in [0.15, 0.2) is 0 Å². The molecule has 146 valence electrons. The van der Waals surface area contributed by atoms with Crippen LogP contribution in [0.5, 0.6) is 0 Å². The van der Waals surface area contributed by atoms with Crippen LogP contribution in [0.4, 0.5) is 11.4 Å². The Morgan fingerprint density at radius 2 is 1.96 bits per heavy atom. The normalized spacial score (nSPS) is 21.1. The van der Waals surface area contributed by atoms with Crippen LogP contribution >= 0.6 is 11.3 Å². The van der Waals surface area contributed by atoms with Crippen LogP contribution in [0, 0.1) is 22.0 Å². The molecule has 0 spiro atoms. The lowest BCUT2D eigenvalue weighted by molar-refractivity contribution is -0.384. The van der Waals surface area contributed by atoms with E-state index in [1.165, 1.54) is 16.4 Å². The van der Waals surface area contributed by atoms with Gasteiger partial charge < -0.3 is 5.32 Å². The van der Waals surface area contributed by atoms with E-state index in [1.807, 2.05) is 31.4 Å². The maximum absolute atomic E-state index is 13.0. The predicted molar refractivity (Wildman–Crippen MR) is 106 cm³/mol. The zero-order valence-corrected chi connectivity index (χ0v) is 16.9. The lowest BCUT2D eigenvalue weighted by atomic mass is 9.94. The first-order valence-electron chi connectivity index (χ1n) is 8.82. The lowest BCUT2D eigenvalue weighted by Crippen LogP contribution is -2.42. The van der Waals surface area contributed by atoms with Crippen molar-refractivity contribution in [1.29, 1.82) is 0 Å². The molecule has 0 bridgehead atoms. The standard InChI is InChI=1S/C18H23N3O4S2/c1-13-8-14(2)12-20(11-13)27(24,25)16-5-6-17(18(9-16)21(22)23)19-10-15-4-3-7-26-15/h3-7,9,13-14,19H,8,10-12H2,1-2H3/t13-,14-/m0/s1. The van der Waals surface area contributed by atoms with E-state index in [4.69, 9.17) is 0 Å². The van der Waals surface area contributed by atoms with Gasteiger partial charge >= 0.3 is 0 Å². The van der Waals surface area contributed by atoms with Gasteiger partial charge in [0.25, 0.3) is 5.69 Å². The maximum atomic E-state index is 13.0. The highest BCUT2D eigenvalue weighted by atomic mass is 32.2. The number of nitrogens with zero attached hydrogens (tertiary/aromatic N) is 2. The summed E-state index contributed by atoms with van der Waals surface area (Å²) in [4.78, 5) is 12.0. The molecule has 7 nitrogen and oxygen atoms in total. The molecule has 1 aliphatic heterocycles. The third-order valence-corrected chi connectivity index (χ3v) is 7.38. The van der Waals surface area contributed by atoms with Crippen LogP contribution in [0.1, 0.15) is 25.1 Å². The molecule has 1 aliphatic rings. The van der Waals surface area contributed by atoms with Gasteiger partial charge in [0.2, 0.25) is 10.0 Å². The Bertz CT molecular complexity index is 903. The summed E-state index contributed by atoms with van der Waals surface area (Å²) in [6.07, 6.45) is 0.984. The number of piperidine rings is 1. The molecule has 9 heteroatoms. The number of anilines is 1. The third-order valence-electron chi connectivity index (χ3n) is 4.67. The van der Waals surface area contributed by atoms with Crippen molar-refractivity contribution in [1.82, 2.24) is 4.31 Å². The van der Waals surface area contributed by atoms with E-state index in [1.54, 1.807) is 11.3 Å². The fraction of sp³-hybridized carbons (Fsp3) is 0.444. The average molecular weight is 410 g/mol. The Morgan fingerprint density at radius 1 is 1.26 bits per heavy atom. The number of rotatable bonds is 6. The van der Waals surface area contributed by atoms with Gasteiger partial charge in [-0.1, -0.05) is 19.9 Å². The topological polar surface area (TPSA) is 92.6 Å². The Hall–Kier alpha value is -1.97. The van der Waals surface area contributed by atoms with E-state index >= 15 is 0 Å². The van der Waals surface area contributed by atoms with Crippen LogP contribution in [0.3, 0.4) is 0 Å². The van der Waals surface area contributed by atoms with Gasteiger partial charge in [0, 0.05) is 30.6 Å². The number of benzene rings is 1. The number of thiophene rings is 1. The summed E-state index contributed by atoms with van der Waals surface area (Å²) in [6.45, 7) is 5.39. The summed E-state index contributed by atoms with van der Waals surface area (Å²) >= 11 is 1.55. The highest BCUT2D eigenvalue weighted by Gasteiger charge is 2.33. The quantitative estimate of drug-likeness (QED) is 0.576. The van der Waals surface area contributed by atoms with E-state index in [-0.39, 0.29) is 22.4 Å². The second-order valence-corrected chi connectivity index (χ2v) is 10.1. The predicted octanol–water partition coefficient (Wildman–Crippen LogP) is 3.94. The Kier molecular flexibility index (Phi) is 5.83. The first kappa shape index (κ1) is 19.8. The first-order chi connectivity index (χ1) is 12.8. The summed E-state index contributed by atoms with van der Waals surface area (Å²) in [5.74, 6) is 0.537. The largest absolute Gasteiger partial charge is 0.375 e. The highest BCUT2D eigenvalue weighted by Crippen LogP contribution is 2.32. The van der Waals surface area contributed by atoms with Gasteiger partial charge in [-0.15, -0.1) is 11.3 Å². The van der Waals surface area contributed by atoms with E-state index in [2.05, 4.69) is 5.32 Å². The molecule has 1 fully saturated rings. The minimum absolute atomic E-state index is 0.0304. The molecule has 27 heavy (non-hydrogen) atoms. The van der Waals surface area contributed by atoms with Crippen LogP contribution in [-0.2, 0) is 16.6 Å². The number of hydrogen-bond acceptors (Lipinski definition) is 6. The van der Waals surface area contributed by atoms with Crippen molar-refractivity contribution in [3.63, 3.8) is 0 Å². The first-order valence-corrected chi connectivity index (χ1v) is 11.1. The van der Waals surface area contributed by atoms with Crippen molar-refractivity contribution < 1.29 is 13.3 Å². The zero-order valence-electron chi connectivity index (χ0n) is 15.3. The maximum Gasteiger partial charge on any atom is 0.293 e. The molecule has 2 aromatic rings. The molecule has 1 N–H and O–H groups in total. The van der Waals surface area contributed by atoms with Crippen molar-refractivity contribution in [3.05, 3.63) is 50.7 Å². The smallest absolute Gasteiger partial charge is 0.293 e. The number of nitro groups is 1. The minimum atomic E-state index is -3.76. The molecule has 0 unspecified atom stereocenters. The summed E-state index contributed by atoms with van der Waals surface area (Å²) in [7, 11) is -3.76. The zero-order chi connectivity index (χ0) is 19.6. The molecule has 3 rings (SSSR count). The lowest BCUT2D eigenvalue weighted by Gasteiger charge is -2.34. The van der Waals surface area contributed by atoms with E-state index in [0.29, 0.717) is 25.3 Å². The van der Waals surface area contributed by atoms with Crippen molar-refractivity contribution in [2.24, 2.45) is 11.8 Å². The fourth-order valence-corrected chi connectivity index (χ4v) is 5.86. The van der Waals surface area contributed by atoms with Crippen LogP contribution in [0.15, 0.2) is 40.6 Å². The summed E-state index contributed by atoms with van der Waals surface area (Å²) in [6, 6.07) is 7.93. The SMILES string of the molecule is C[C@H]1C[C@H](C)CN(S(=O)(=O)c2ccc(NCc3cccs3)c([N+](=O)[O-])c2)C1. The van der Waals surface area contributed by atoms with Gasteiger partial charge in [-0.3, -0.25) is 10.1 Å². The number of nitrogens with one attached hydrogen (secondary N) is 1. The van der Waals surface area contributed by atoms with Crippen LogP contribution < -0.4 is 5.32 Å². The van der Waals surface area contributed by atoms with Gasteiger partial charge in [0.05, 0.1) is 9.82 Å². The fourth-order valence-electron chi connectivity index (χ4n) is 3.52. The van der Waals surface area contributed by atoms with Crippen molar-refractivity contribution in [2.45, 2.75) is 31.7 Å². The average Bonchev–Trinajstić information content (AvgIpc) is 3.12. The Morgan fingerprint density at radius 3 is 2.56 bits per heavy atom. The van der Waals surface area contributed by atoms with Gasteiger partial charge in [-0.2, -0.15) is 4.31 Å².